The first-order valence-electron chi connectivity index (χ1n) is 14.5. The monoisotopic (exact) mass is 616 g/mol. The number of hydroxylamine groups is 2. The van der Waals surface area contributed by atoms with Crippen LogP contribution in [0.4, 0.5) is 18.9 Å². The molecule has 12 heteroatoms. The summed E-state index contributed by atoms with van der Waals surface area (Å²) >= 11 is 1.32. The maximum absolute atomic E-state index is 14.0. The Hall–Kier alpha value is -3.51. The molecule has 0 saturated heterocycles. The SMILES string of the molecule is C[C@H](CNCCC(=O)N1CCC2=C(C1)C(=O)N(c1ccccc1)C(SC1CCC1)N2OC(=O)C(F)(F)F)c1ccccc1. The van der Waals surface area contributed by atoms with E-state index in [4.69, 9.17) is 4.84 Å². The maximum atomic E-state index is 14.0. The summed E-state index contributed by atoms with van der Waals surface area (Å²) in [5, 5.41) is 4.39. The van der Waals surface area contributed by atoms with E-state index in [0.717, 1.165) is 24.3 Å². The van der Waals surface area contributed by atoms with Gasteiger partial charge in [0.1, 0.15) is 0 Å². The van der Waals surface area contributed by atoms with E-state index in [1.54, 1.807) is 35.2 Å². The van der Waals surface area contributed by atoms with Gasteiger partial charge in [-0.25, -0.2) is 4.79 Å². The molecule has 2 aromatic rings. The zero-order chi connectivity index (χ0) is 30.6. The molecule has 1 N–H and O–H groups in total. The highest BCUT2D eigenvalue weighted by molar-refractivity contribution is 8.00. The van der Waals surface area contributed by atoms with Gasteiger partial charge in [-0.1, -0.05) is 61.9 Å². The molecule has 2 heterocycles. The van der Waals surface area contributed by atoms with Crippen molar-refractivity contribution in [2.75, 3.05) is 31.1 Å². The van der Waals surface area contributed by atoms with Crippen LogP contribution in [0.2, 0.25) is 0 Å². The number of amides is 2. The minimum atomic E-state index is -5.22. The van der Waals surface area contributed by atoms with Crippen molar-refractivity contribution in [3.63, 3.8) is 0 Å². The Balaban J connectivity index is 1.34. The Labute approximate surface area is 253 Å². The van der Waals surface area contributed by atoms with Gasteiger partial charge in [-0.3, -0.25) is 14.5 Å². The first-order valence-corrected chi connectivity index (χ1v) is 15.5. The van der Waals surface area contributed by atoms with Crippen LogP contribution in [-0.4, -0.2) is 70.8 Å². The number of halogens is 3. The number of carbonyl (C=O) groups is 3. The number of thioether (sulfide) groups is 1. The molecular weight excluding hydrogens is 581 g/mol. The number of nitrogens with one attached hydrogen (secondary N) is 1. The number of nitrogens with zero attached hydrogens (tertiary/aromatic N) is 3. The molecule has 230 valence electrons. The third kappa shape index (κ3) is 7.18. The van der Waals surface area contributed by atoms with Crippen molar-refractivity contribution in [1.29, 1.82) is 0 Å². The van der Waals surface area contributed by atoms with Crippen LogP contribution in [0.1, 0.15) is 50.5 Å². The van der Waals surface area contributed by atoms with E-state index in [1.807, 2.05) is 18.2 Å². The van der Waals surface area contributed by atoms with Crippen LogP contribution < -0.4 is 10.2 Å². The molecule has 0 radical (unpaired) electrons. The summed E-state index contributed by atoms with van der Waals surface area (Å²) in [7, 11) is 0. The summed E-state index contributed by atoms with van der Waals surface area (Å²) in [6, 6.07) is 18.7. The van der Waals surface area contributed by atoms with Crippen molar-refractivity contribution in [3.8, 4) is 0 Å². The molecule has 2 amide bonds. The smallest absolute Gasteiger partial charge is 0.338 e. The van der Waals surface area contributed by atoms with E-state index in [1.165, 1.54) is 22.2 Å². The van der Waals surface area contributed by atoms with Crippen LogP contribution in [0.15, 0.2) is 71.9 Å². The number of benzene rings is 2. The number of anilines is 1. The van der Waals surface area contributed by atoms with Crippen molar-refractivity contribution < 1.29 is 32.4 Å². The fourth-order valence-corrected chi connectivity index (χ4v) is 6.89. The molecule has 1 aliphatic carbocycles. The van der Waals surface area contributed by atoms with Crippen LogP contribution >= 0.6 is 11.8 Å². The molecule has 2 aromatic carbocycles. The third-order valence-electron chi connectivity index (χ3n) is 7.98. The van der Waals surface area contributed by atoms with Crippen molar-refractivity contribution in [1.82, 2.24) is 15.3 Å². The summed E-state index contributed by atoms with van der Waals surface area (Å²) in [6.45, 7) is 3.34. The van der Waals surface area contributed by atoms with Gasteiger partial charge in [0.25, 0.3) is 5.91 Å². The van der Waals surface area contributed by atoms with Gasteiger partial charge in [-0.2, -0.15) is 18.2 Å². The van der Waals surface area contributed by atoms with Gasteiger partial charge in [0.15, 0.2) is 5.50 Å². The fraction of sp³-hybridized carbons (Fsp3) is 0.452. The van der Waals surface area contributed by atoms with Crippen LogP contribution in [0.3, 0.4) is 0 Å². The number of rotatable bonds is 10. The van der Waals surface area contributed by atoms with E-state index >= 15 is 0 Å². The molecule has 0 spiro atoms. The second-order valence-corrected chi connectivity index (χ2v) is 12.3. The Bertz CT molecular complexity index is 1340. The zero-order valence-corrected chi connectivity index (χ0v) is 24.7. The minimum absolute atomic E-state index is 0.0841. The average molecular weight is 617 g/mol. The molecule has 43 heavy (non-hydrogen) atoms. The van der Waals surface area contributed by atoms with Crippen LogP contribution in [0.5, 0.6) is 0 Å². The number of para-hydroxylation sites is 1. The van der Waals surface area contributed by atoms with Gasteiger partial charge in [-0.15, -0.1) is 11.8 Å². The Kier molecular flexibility index (Phi) is 9.65. The molecule has 2 atom stereocenters. The molecule has 0 aromatic heterocycles. The van der Waals surface area contributed by atoms with E-state index in [-0.39, 0.29) is 54.3 Å². The van der Waals surface area contributed by atoms with Crippen molar-refractivity contribution >= 4 is 35.2 Å². The maximum Gasteiger partial charge on any atom is 0.493 e. The third-order valence-corrected chi connectivity index (χ3v) is 9.48. The van der Waals surface area contributed by atoms with Crippen LogP contribution in [-0.2, 0) is 19.2 Å². The van der Waals surface area contributed by atoms with Gasteiger partial charge in [-0.05, 0) is 36.5 Å². The standard InChI is InChI=1S/C31H35F3N4O4S/c1-21(22-9-4-2-5-10-22)19-35-17-15-27(39)36-18-16-26-25(20-36)28(40)37(23-11-6-3-7-12-23)30(43-24-13-8-14-24)38(26)42-29(41)31(32,33)34/h2-7,9-12,21,24,30,35H,8,13-20H2,1H3/t21-,30?/m1/s1. The Morgan fingerprint density at radius 1 is 1.07 bits per heavy atom. The first-order chi connectivity index (χ1) is 20.6. The summed E-state index contributed by atoms with van der Waals surface area (Å²) < 4.78 is 40.2. The first kappa shape index (κ1) is 30.9. The second-order valence-electron chi connectivity index (χ2n) is 11.0. The van der Waals surface area contributed by atoms with E-state index in [0.29, 0.717) is 18.8 Å². The quantitative estimate of drug-likeness (QED) is 0.368. The highest BCUT2D eigenvalue weighted by Gasteiger charge is 2.50. The van der Waals surface area contributed by atoms with Crippen LogP contribution in [0, 0.1) is 0 Å². The second kappa shape index (κ2) is 13.4. The lowest BCUT2D eigenvalue weighted by Gasteiger charge is -2.48. The molecule has 1 saturated carbocycles. The number of alkyl halides is 3. The fourth-order valence-electron chi connectivity index (χ4n) is 5.33. The Morgan fingerprint density at radius 3 is 2.37 bits per heavy atom. The summed E-state index contributed by atoms with van der Waals surface area (Å²) in [5.74, 6) is -2.67. The number of hydrogen-bond donors (Lipinski definition) is 1. The van der Waals surface area contributed by atoms with Gasteiger partial charge in [0.2, 0.25) is 5.91 Å². The van der Waals surface area contributed by atoms with E-state index in [9.17, 15) is 27.6 Å². The lowest BCUT2D eigenvalue weighted by atomic mass is 10.00. The van der Waals surface area contributed by atoms with Gasteiger partial charge in [0.05, 0.1) is 17.8 Å². The van der Waals surface area contributed by atoms with Gasteiger partial charge < -0.3 is 15.1 Å². The highest BCUT2D eigenvalue weighted by Crippen LogP contribution is 2.44. The topological polar surface area (TPSA) is 82.2 Å². The summed E-state index contributed by atoms with van der Waals surface area (Å²) in [5.41, 5.74) is 1.01. The van der Waals surface area contributed by atoms with Crippen molar-refractivity contribution in [2.45, 2.75) is 61.9 Å². The number of carbonyl (C=O) groups excluding carboxylic acids is 3. The molecule has 1 unspecified atom stereocenters. The average Bonchev–Trinajstić information content (AvgIpc) is 2.98. The highest BCUT2D eigenvalue weighted by atomic mass is 32.2. The molecule has 3 aliphatic rings. The molecular formula is C31H35F3N4O4S. The van der Waals surface area contributed by atoms with Crippen molar-refractivity contribution in [3.05, 3.63) is 77.5 Å². The Morgan fingerprint density at radius 2 is 1.74 bits per heavy atom. The normalized spacial score (nSPS) is 20.0. The van der Waals surface area contributed by atoms with Gasteiger partial charge in [0, 0.05) is 43.4 Å². The molecule has 0 bridgehead atoms. The predicted octanol–water partition coefficient (Wildman–Crippen LogP) is 5.19. The summed E-state index contributed by atoms with van der Waals surface area (Å²) in [4.78, 5) is 47.3. The summed E-state index contributed by atoms with van der Waals surface area (Å²) in [6.07, 6.45) is -2.24. The van der Waals surface area contributed by atoms with E-state index < -0.39 is 23.6 Å². The largest absolute Gasteiger partial charge is 0.493 e. The minimum Gasteiger partial charge on any atom is -0.338 e. The lowest BCUT2D eigenvalue weighted by molar-refractivity contribution is -0.235. The molecule has 2 aliphatic heterocycles. The molecule has 5 rings (SSSR count). The predicted molar refractivity (Wildman–Crippen MR) is 157 cm³/mol. The molecule has 8 nitrogen and oxygen atoms in total. The van der Waals surface area contributed by atoms with Crippen molar-refractivity contribution in [2.24, 2.45) is 0 Å². The number of hydrogen-bond acceptors (Lipinski definition) is 7. The zero-order valence-electron chi connectivity index (χ0n) is 23.9. The van der Waals surface area contributed by atoms with E-state index in [2.05, 4.69) is 24.4 Å². The lowest BCUT2D eigenvalue weighted by Crippen LogP contribution is -2.59. The van der Waals surface area contributed by atoms with Crippen LogP contribution in [0.25, 0.3) is 0 Å². The molecule has 1 fully saturated rings. The van der Waals surface area contributed by atoms with Gasteiger partial charge >= 0.3 is 12.1 Å².